The van der Waals surface area contributed by atoms with Gasteiger partial charge in [-0.2, -0.15) is 0 Å². The highest BCUT2D eigenvalue weighted by Gasteiger charge is 2.20. The molecular weight excluding hydrogens is 318 g/mol. The SMILES string of the molecule is CCN1CCN(c2nc(-c3ccc(O)cc3)cc3ccsc23)CC1. The highest BCUT2D eigenvalue weighted by atomic mass is 32.1. The van der Waals surface area contributed by atoms with Gasteiger partial charge in [0, 0.05) is 31.7 Å². The van der Waals surface area contributed by atoms with Crippen molar-refractivity contribution >= 4 is 27.2 Å². The largest absolute Gasteiger partial charge is 0.508 e. The molecule has 1 aliphatic rings. The molecule has 1 aliphatic heterocycles. The zero-order valence-corrected chi connectivity index (χ0v) is 14.6. The lowest BCUT2D eigenvalue weighted by molar-refractivity contribution is 0.271. The van der Waals surface area contributed by atoms with Crippen LogP contribution < -0.4 is 4.90 Å². The number of nitrogens with zero attached hydrogens (tertiary/aromatic N) is 3. The van der Waals surface area contributed by atoms with Gasteiger partial charge in [-0.3, -0.25) is 0 Å². The number of aromatic nitrogens is 1. The zero-order chi connectivity index (χ0) is 16.5. The van der Waals surface area contributed by atoms with Crippen LogP contribution in [0.4, 0.5) is 5.82 Å². The average molecular weight is 339 g/mol. The lowest BCUT2D eigenvalue weighted by Gasteiger charge is -2.35. The third-order valence-corrected chi connectivity index (χ3v) is 5.63. The minimum atomic E-state index is 0.284. The number of rotatable bonds is 3. The molecule has 4 rings (SSSR count). The maximum absolute atomic E-state index is 9.52. The van der Waals surface area contributed by atoms with Gasteiger partial charge in [0.1, 0.15) is 11.6 Å². The Kier molecular flexibility index (Phi) is 4.12. The highest BCUT2D eigenvalue weighted by molar-refractivity contribution is 7.17. The maximum atomic E-state index is 9.52. The molecule has 0 atom stereocenters. The summed E-state index contributed by atoms with van der Waals surface area (Å²) in [7, 11) is 0. The van der Waals surface area contributed by atoms with E-state index in [-0.39, 0.29) is 5.75 Å². The van der Waals surface area contributed by atoms with E-state index in [4.69, 9.17) is 4.98 Å². The number of piperazine rings is 1. The fourth-order valence-corrected chi connectivity index (χ4v) is 4.12. The fourth-order valence-electron chi connectivity index (χ4n) is 3.23. The number of fused-ring (bicyclic) bond motifs is 1. The van der Waals surface area contributed by atoms with E-state index in [1.807, 2.05) is 12.1 Å². The van der Waals surface area contributed by atoms with E-state index in [1.54, 1.807) is 23.5 Å². The van der Waals surface area contributed by atoms with Crippen LogP contribution >= 0.6 is 11.3 Å². The van der Waals surface area contributed by atoms with Gasteiger partial charge in [-0.25, -0.2) is 4.98 Å². The van der Waals surface area contributed by atoms with Crippen LogP contribution in [0.1, 0.15) is 6.92 Å². The first-order valence-electron chi connectivity index (χ1n) is 8.39. The van der Waals surface area contributed by atoms with Crippen LogP contribution in [0.2, 0.25) is 0 Å². The summed E-state index contributed by atoms with van der Waals surface area (Å²) in [5.41, 5.74) is 2.00. The Hall–Kier alpha value is -2.11. The summed E-state index contributed by atoms with van der Waals surface area (Å²) in [5.74, 6) is 1.38. The van der Waals surface area contributed by atoms with Crippen molar-refractivity contribution in [2.45, 2.75) is 6.92 Å². The number of anilines is 1. The Morgan fingerprint density at radius 1 is 1.08 bits per heavy atom. The fraction of sp³-hybridized carbons (Fsp3) is 0.316. The molecular formula is C19H21N3OS. The molecule has 1 aromatic carbocycles. The molecule has 0 bridgehead atoms. The number of benzene rings is 1. The minimum absolute atomic E-state index is 0.284. The van der Waals surface area contributed by atoms with Crippen molar-refractivity contribution in [3.8, 4) is 17.0 Å². The van der Waals surface area contributed by atoms with Crippen LogP contribution in [-0.2, 0) is 0 Å². The van der Waals surface area contributed by atoms with Crippen molar-refractivity contribution < 1.29 is 5.11 Å². The van der Waals surface area contributed by atoms with E-state index in [0.717, 1.165) is 49.8 Å². The molecule has 1 fully saturated rings. The standard InChI is InChI=1S/C19H21N3OS/c1-2-21-8-10-22(11-9-21)19-18-15(7-12-24-18)13-17(20-19)14-3-5-16(23)6-4-14/h3-7,12-13,23H,2,8-11H2,1H3. The van der Waals surface area contributed by atoms with E-state index >= 15 is 0 Å². The van der Waals surface area contributed by atoms with E-state index < -0.39 is 0 Å². The summed E-state index contributed by atoms with van der Waals surface area (Å²) in [4.78, 5) is 9.87. The first kappa shape index (κ1) is 15.4. The molecule has 0 spiro atoms. The maximum Gasteiger partial charge on any atom is 0.147 e. The molecule has 4 nitrogen and oxygen atoms in total. The number of thiophene rings is 1. The molecule has 0 aliphatic carbocycles. The summed E-state index contributed by atoms with van der Waals surface area (Å²) < 4.78 is 1.27. The van der Waals surface area contributed by atoms with Gasteiger partial charge in [-0.15, -0.1) is 11.3 Å². The molecule has 0 saturated carbocycles. The van der Waals surface area contributed by atoms with Gasteiger partial charge in [-0.1, -0.05) is 6.92 Å². The normalized spacial score (nSPS) is 16.0. The Balaban J connectivity index is 1.74. The van der Waals surface area contributed by atoms with Crippen molar-refractivity contribution in [3.63, 3.8) is 0 Å². The second-order valence-corrected chi connectivity index (χ2v) is 7.05. The van der Waals surface area contributed by atoms with E-state index in [9.17, 15) is 5.11 Å². The molecule has 0 amide bonds. The molecule has 124 valence electrons. The molecule has 24 heavy (non-hydrogen) atoms. The third kappa shape index (κ3) is 2.85. The van der Waals surface area contributed by atoms with E-state index in [0.29, 0.717) is 0 Å². The van der Waals surface area contributed by atoms with Crippen molar-refractivity contribution in [1.29, 1.82) is 0 Å². The second kappa shape index (κ2) is 6.42. The second-order valence-electron chi connectivity index (χ2n) is 6.14. The van der Waals surface area contributed by atoms with Crippen molar-refractivity contribution in [3.05, 3.63) is 41.8 Å². The van der Waals surface area contributed by atoms with Gasteiger partial charge in [-0.05, 0) is 53.7 Å². The first-order chi connectivity index (χ1) is 11.7. The molecule has 3 aromatic rings. The summed E-state index contributed by atoms with van der Waals surface area (Å²) in [5, 5.41) is 12.9. The van der Waals surface area contributed by atoms with Crippen LogP contribution in [0, 0.1) is 0 Å². The van der Waals surface area contributed by atoms with Crippen LogP contribution in [0.3, 0.4) is 0 Å². The van der Waals surface area contributed by atoms with Gasteiger partial charge in [0.05, 0.1) is 10.4 Å². The summed E-state index contributed by atoms with van der Waals surface area (Å²) in [6.07, 6.45) is 0. The van der Waals surface area contributed by atoms with Gasteiger partial charge in [0.2, 0.25) is 0 Å². The third-order valence-electron chi connectivity index (χ3n) is 4.70. The van der Waals surface area contributed by atoms with E-state index in [2.05, 4.69) is 34.2 Å². The molecule has 1 saturated heterocycles. The number of pyridine rings is 1. The summed E-state index contributed by atoms with van der Waals surface area (Å²) in [6.45, 7) is 7.56. The Bertz CT molecular complexity index is 835. The predicted octanol–water partition coefficient (Wildman–Crippen LogP) is 3.81. The zero-order valence-electron chi connectivity index (χ0n) is 13.8. The highest BCUT2D eigenvalue weighted by Crippen LogP contribution is 2.34. The number of phenolic OH excluding ortho intramolecular Hbond substituents is 1. The molecule has 5 heteroatoms. The quantitative estimate of drug-likeness (QED) is 0.788. The van der Waals surface area contributed by atoms with Gasteiger partial charge >= 0.3 is 0 Å². The van der Waals surface area contributed by atoms with Crippen LogP contribution in [-0.4, -0.2) is 47.7 Å². The average Bonchev–Trinajstić information content (AvgIpc) is 3.10. The summed E-state index contributed by atoms with van der Waals surface area (Å²) in [6, 6.07) is 11.6. The lowest BCUT2D eigenvalue weighted by atomic mass is 10.1. The Labute approximate surface area is 146 Å². The van der Waals surface area contributed by atoms with Gasteiger partial charge < -0.3 is 14.9 Å². The predicted molar refractivity (Wildman–Crippen MR) is 101 cm³/mol. The molecule has 3 heterocycles. The lowest BCUT2D eigenvalue weighted by Crippen LogP contribution is -2.46. The van der Waals surface area contributed by atoms with Crippen molar-refractivity contribution in [2.75, 3.05) is 37.6 Å². The van der Waals surface area contributed by atoms with E-state index in [1.165, 1.54) is 10.1 Å². The topological polar surface area (TPSA) is 39.6 Å². The van der Waals surface area contributed by atoms with Crippen molar-refractivity contribution in [2.24, 2.45) is 0 Å². The first-order valence-corrected chi connectivity index (χ1v) is 9.27. The Morgan fingerprint density at radius 2 is 1.83 bits per heavy atom. The minimum Gasteiger partial charge on any atom is -0.508 e. The number of phenols is 1. The molecule has 2 aromatic heterocycles. The number of hydrogen-bond acceptors (Lipinski definition) is 5. The Morgan fingerprint density at radius 3 is 2.54 bits per heavy atom. The smallest absolute Gasteiger partial charge is 0.147 e. The monoisotopic (exact) mass is 339 g/mol. The molecule has 0 radical (unpaired) electrons. The number of aromatic hydroxyl groups is 1. The van der Waals surface area contributed by atoms with Gasteiger partial charge in [0.15, 0.2) is 0 Å². The number of hydrogen-bond donors (Lipinski definition) is 1. The number of likely N-dealkylation sites (N-methyl/N-ethyl adjacent to an activating group) is 1. The van der Waals surface area contributed by atoms with Crippen molar-refractivity contribution in [1.82, 2.24) is 9.88 Å². The van der Waals surface area contributed by atoms with Crippen LogP contribution in [0.15, 0.2) is 41.8 Å². The molecule has 1 N–H and O–H groups in total. The van der Waals surface area contributed by atoms with Gasteiger partial charge in [0.25, 0.3) is 0 Å². The summed E-state index contributed by atoms with van der Waals surface area (Å²) >= 11 is 1.76. The molecule has 0 unspecified atom stereocenters. The van der Waals surface area contributed by atoms with Crippen LogP contribution in [0.25, 0.3) is 21.3 Å². The van der Waals surface area contributed by atoms with Crippen LogP contribution in [0.5, 0.6) is 5.75 Å².